The van der Waals surface area contributed by atoms with Crippen LogP contribution < -0.4 is 10.7 Å². The largest absolute Gasteiger partial charge is 0.335 e. The summed E-state index contributed by atoms with van der Waals surface area (Å²) in [6.45, 7) is 4.93. The van der Waals surface area contributed by atoms with Crippen LogP contribution in [-0.4, -0.2) is 27.6 Å². The molecule has 0 amide bonds. The molecule has 3 rings (SSSR count). The number of amidine groups is 1. The Morgan fingerprint density at radius 2 is 2.07 bits per heavy atom. The van der Waals surface area contributed by atoms with Crippen LogP contribution in [0.1, 0.15) is 25.8 Å². The van der Waals surface area contributed by atoms with Crippen LogP contribution in [0.5, 0.6) is 0 Å². The van der Waals surface area contributed by atoms with E-state index in [0.29, 0.717) is 10.9 Å². The number of hydrazone groups is 1. The van der Waals surface area contributed by atoms with Gasteiger partial charge in [0.2, 0.25) is 0 Å². The molecule has 0 saturated carbocycles. The molecule has 7 nitrogen and oxygen atoms in total. The van der Waals surface area contributed by atoms with E-state index in [2.05, 4.69) is 27.8 Å². The molecule has 2 N–H and O–H groups in total. The van der Waals surface area contributed by atoms with E-state index in [1.165, 1.54) is 12.1 Å². The van der Waals surface area contributed by atoms with Gasteiger partial charge in [0.1, 0.15) is 0 Å². The van der Waals surface area contributed by atoms with Crippen LogP contribution in [0.4, 0.5) is 17.1 Å². The summed E-state index contributed by atoms with van der Waals surface area (Å²) in [5.74, 6) is 0. The lowest BCUT2D eigenvalue weighted by Gasteiger charge is -2.08. The van der Waals surface area contributed by atoms with Crippen LogP contribution in [0.25, 0.3) is 0 Å². The quantitative estimate of drug-likeness (QED) is 0.428. The molecule has 1 atom stereocenters. The summed E-state index contributed by atoms with van der Waals surface area (Å²) in [5, 5.41) is 20.0. The first-order chi connectivity index (χ1) is 13.0. The lowest BCUT2D eigenvalue weighted by atomic mass is 10.1. The van der Waals surface area contributed by atoms with Crippen LogP contribution in [0, 0.1) is 10.1 Å². The molecule has 27 heavy (non-hydrogen) atoms. The number of benzene rings is 2. The zero-order valence-corrected chi connectivity index (χ0v) is 16.0. The number of thioether (sulfide) groups is 1. The molecule has 1 aliphatic heterocycles. The van der Waals surface area contributed by atoms with Crippen molar-refractivity contribution in [2.24, 2.45) is 10.1 Å². The fraction of sp³-hybridized carbons (Fsp3) is 0.263. The monoisotopic (exact) mass is 383 g/mol. The number of nitrogens with one attached hydrogen (secondary N) is 2. The van der Waals surface area contributed by atoms with E-state index in [0.717, 1.165) is 35.1 Å². The maximum Gasteiger partial charge on any atom is 0.271 e. The molecule has 8 heteroatoms. The van der Waals surface area contributed by atoms with E-state index in [-0.39, 0.29) is 5.69 Å². The molecule has 0 aromatic heterocycles. The van der Waals surface area contributed by atoms with Gasteiger partial charge in [-0.15, -0.1) is 0 Å². The molecule has 1 heterocycles. The Kier molecular flexibility index (Phi) is 6.08. The Balaban J connectivity index is 1.61. The Morgan fingerprint density at radius 3 is 2.74 bits per heavy atom. The predicted molar refractivity (Wildman–Crippen MR) is 113 cm³/mol. The highest BCUT2D eigenvalue weighted by Gasteiger charge is 2.17. The average Bonchev–Trinajstić information content (AvgIpc) is 3.14. The fourth-order valence-electron chi connectivity index (χ4n) is 2.52. The van der Waals surface area contributed by atoms with E-state index in [4.69, 9.17) is 0 Å². The molecule has 1 aliphatic rings. The summed E-state index contributed by atoms with van der Waals surface area (Å²) in [4.78, 5) is 14.9. The van der Waals surface area contributed by atoms with Crippen molar-refractivity contribution in [2.45, 2.75) is 25.5 Å². The lowest BCUT2D eigenvalue weighted by Crippen LogP contribution is -2.07. The molecule has 0 saturated heterocycles. The Morgan fingerprint density at radius 1 is 1.30 bits per heavy atom. The van der Waals surface area contributed by atoms with Crippen LogP contribution in [-0.2, 0) is 0 Å². The first kappa shape index (κ1) is 18.9. The minimum Gasteiger partial charge on any atom is -0.335 e. The van der Waals surface area contributed by atoms with Gasteiger partial charge < -0.3 is 5.32 Å². The minimum atomic E-state index is -0.427. The molecule has 2 aromatic carbocycles. The maximum atomic E-state index is 10.8. The predicted octanol–water partition coefficient (Wildman–Crippen LogP) is 4.72. The number of non-ortho nitro benzene ring substituents is 1. The first-order valence-corrected chi connectivity index (χ1v) is 9.56. The van der Waals surface area contributed by atoms with Crippen molar-refractivity contribution < 1.29 is 4.92 Å². The normalized spacial score (nSPS) is 16.7. The number of hydrogen-bond donors (Lipinski definition) is 2. The van der Waals surface area contributed by atoms with Crippen molar-refractivity contribution in [2.75, 3.05) is 17.3 Å². The van der Waals surface area contributed by atoms with Gasteiger partial charge in [-0.05, 0) is 37.1 Å². The third kappa shape index (κ3) is 5.07. The number of hydrogen-bond acceptors (Lipinski definition) is 7. The van der Waals surface area contributed by atoms with Crippen molar-refractivity contribution in [1.29, 1.82) is 0 Å². The molecular weight excluding hydrogens is 362 g/mol. The molecule has 0 aliphatic carbocycles. The molecule has 0 bridgehead atoms. The third-order valence-corrected chi connectivity index (χ3v) is 5.41. The summed E-state index contributed by atoms with van der Waals surface area (Å²) in [7, 11) is 0. The van der Waals surface area contributed by atoms with Gasteiger partial charge in [-0.2, -0.15) is 5.10 Å². The highest BCUT2D eigenvalue weighted by atomic mass is 32.2. The third-order valence-electron chi connectivity index (χ3n) is 4.14. The second kappa shape index (κ2) is 8.68. The molecule has 0 radical (unpaired) electrons. The van der Waals surface area contributed by atoms with Crippen molar-refractivity contribution in [3.05, 3.63) is 64.2 Å². The van der Waals surface area contributed by atoms with Gasteiger partial charge in [-0.3, -0.25) is 20.5 Å². The van der Waals surface area contributed by atoms with Crippen LogP contribution in [0.15, 0.2) is 58.6 Å². The van der Waals surface area contributed by atoms with E-state index in [9.17, 15) is 10.1 Å². The van der Waals surface area contributed by atoms with Gasteiger partial charge in [-0.1, -0.05) is 36.9 Å². The fourth-order valence-corrected chi connectivity index (χ4v) is 3.48. The van der Waals surface area contributed by atoms with Crippen LogP contribution in [0.3, 0.4) is 0 Å². The lowest BCUT2D eigenvalue weighted by molar-refractivity contribution is -0.384. The SMILES string of the molecule is CC[C@H]1CN=C(Nc2ccc(/C(C)=N\Nc3cccc([N+](=O)[O-])c3)cc2)S1. The average molecular weight is 383 g/mol. The second-order valence-electron chi connectivity index (χ2n) is 6.11. The number of nitro benzene ring substituents is 1. The zero-order valence-electron chi connectivity index (χ0n) is 15.2. The number of aliphatic imine (C=N–C) groups is 1. The smallest absolute Gasteiger partial charge is 0.271 e. The van der Waals surface area contributed by atoms with Crippen molar-refractivity contribution >= 4 is 39.7 Å². The molecular formula is C19H21N5O2S. The van der Waals surface area contributed by atoms with Gasteiger partial charge in [0, 0.05) is 23.1 Å². The van der Waals surface area contributed by atoms with Gasteiger partial charge in [0.15, 0.2) is 5.17 Å². The minimum absolute atomic E-state index is 0.0290. The molecule has 0 spiro atoms. The maximum absolute atomic E-state index is 10.8. The molecule has 0 fully saturated rings. The van der Waals surface area contributed by atoms with E-state index < -0.39 is 4.92 Å². The summed E-state index contributed by atoms with van der Waals surface area (Å²) in [6.07, 6.45) is 1.12. The first-order valence-electron chi connectivity index (χ1n) is 8.68. The highest BCUT2D eigenvalue weighted by molar-refractivity contribution is 8.15. The summed E-state index contributed by atoms with van der Waals surface area (Å²) < 4.78 is 0. The number of nitro groups is 1. The Bertz CT molecular complexity index is 880. The Labute approximate surface area is 162 Å². The second-order valence-corrected chi connectivity index (χ2v) is 7.40. The molecule has 140 valence electrons. The topological polar surface area (TPSA) is 91.9 Å². The van der Waals surface area contributed by atoms with E-state index in [1.807, 2.05) is 31.2 Å². The standard InChI is InChI=1S/C19H21N5O2S/c1-3-18-12-20-19(27-18)21-15-9-7-14(8-10-15)13(2)22-23-16-5-4-6-17(11-16)24(25)26/h4-11,18,23H,3,12H2,1-2H3,(H,20,21)/b22-13-/t18-/m0/s1. The Hall–Kier alpha value is -2.87. The van der Waals surface area contributed by atoms with E-state index >= 15 is 0 Å². The summed E-state index contributed by atoms with van der Waals surface area (Å²) >= 11 is 1.78. The number of nitrogens with zero attached hydrogens (tertiary/aromatic N) is 3. The van der Waals surface area contributed by atoms with Gasteiger partial charge in [0.25, 0.3) is 5.69 Å². The van der Waals surface area contributed by atoms with Crippen LogP contribution >= 0.6 is 11.8 Å². The molecule has 2 aromatic rings. The molecule has 0 unspecified atom stereocenters. The van der Waals surface area contributed by atoms with Crippen molar-refractivity contribution in [1.82, 2.24) is 0 Å². The van der Waals surface area contributed by atoms with Crippen molar-refractivity contribution in [3.63, 3.8) is 0 Å². The van der Waals surface area contributed by atoms with E-state index in [1.54, 1.807) is 23.9 Å². The van der Waals surface area contributed by atoms with Gasteiger partial charge in [0.05, 0.1) is 22.9 Å². The zero-order chi connectivity index (χ0) is 19.2. The number of anilines is 2. The van der Waals surface area contributed by atoms with Crippen LogP contribution in [0.2, 0.25) is 0 Å². The summed E-state index contributed by atoms with van der Waals surface area (Å²) in [5.41, 5.74) is 6.20. The summed E-state index contributed by atoms with van der Waals surface area (Å²) in [6, 6.07) is 14.2. The van der Waals surface area contributed by atoms with Gasteiger partial charge in [-0.25, -0.2) is 0 Å². The van der Waals surface area contributed by atoms with Gasteiger partial charge >= 0.3 is 0 Å². The van der Waals surface area contributed by atoms with Crippen molar-refractivity contribution in [3.8, 4) is 0 Å². The highest BCUT2D eigenvalue weighted by Crippen LogP contribution is 2.25. The number of rotatable bonds is 6.